The molecule has 0 aliphatic rings. The van der Waals surface area contributed by atoms with E-state index in [-0.39, 0.29) is 24.3 Å². The number of halogens is 2. The molecule has 0 bridgehead atoms. The molecule has 13 heavy (non-hydrogen) atoms. The van der Waals surface area contributed by atoms with Crippen LogP contribution < -0.4 is 5.73 Å². The highest BCUT2D eigenvalue weighted by Gasteiger charge is 2.06. The van der Waals surface area contributed by atoms with Gasteiger partial charge in [0.1, 0.15) is 5.82 Å². The Bertz CT molecular complexity index is 274. The Morgan fingerprint density at radius 1 is 1.46 bits per heavy atom. The summed E-state index contributed by atoms with van der Waals surface area (Å²) in [5.41, 5.74) is 7.33. The number of aryl methyl sites for hydroxylation is 1. The molecule has 0 saturated heterocycles. The van der Waals surface area contributed by atoms with Crippen LogP contribution in [-0.4, -0.2) is 0 Å². The van der Waals surface area contributed by atoms with E-state index in [1.165, 1.54) is 6.07 Å². The summed E-state index contributed by atoms with van der Waals surface area (Å²) in [6, 6.07) is 4.88. The standard InChI is InChI=1S/C10H14FN.ClH/c1-3-8-4-5-10(11)9(6-8)7(2)12;/h4-7H,3,12H2,1-2H3;1H/t7-;/m0./s1. The number of nitrogens with two attached hydrogens (primary N) is 1. The topological polar surface area (TPSA) is 26.0 Å². The van der Waals surface area contributed by atoms with Crippen LogP contribution in [0.2, 0.25) is 0 Å². The van der Waals surface area contributed by atoms with Crippen LogP contribution >= 0.6 is 12.4 Å². The second kappa shape index (κ2) is 5.20. The van der Waals surface area contributed by atoms with Crippen LogP contribution in [0.3, 0.4) is 0 Å². The normalized spacial score (nSPS) is 12.0. The van der Waals surface area contributed by atoms with Crippen LogP contribution in [-0.2, 0) is 6.42 Å². The van der Waals surface area contributed by atoms with E-state index in [0.717, 1.165) is 12.0 Å². The largest absolute Gasteiger partial charge is 0.324 e. The molecule has 0 fully saturated rings. The molecule has 1 nitrogen and oxygen atoms in total. The molecule has 0 unspecified atom stereocenters. The van der Waals surface area contributed by atoms with Gasteiger partial charge in [0.05, 0.1) is 0 Å². The van der Waals surface area contributed by atoms with Gasteiger partial charge >= 0.3 is 0 Å². The third-order valence-corrected chi connectivity index (χ3v) is 1.96. The fourth-order valence-electron chi connectivity index (χ4n) is 1.16. The molecule has 0 amide bonds. The van der Waals surface area contributed by atoms with Crippen LogP contribution in [0.15, 0.2) is 18.2 Å². The van der Waals surface area contributed by atoms with Gasteiger partial charge in [-0.1, -0.05) is 19.1 Å². The minimum atomic E-state index is -0.225. The molecule has 0 aromatic heterocycles. The summed E-state index contributed by atoms with van der Waals surface area (Å²) in [7, 11) is 0. The molecule has 1 rings (SSSR count). The summed E-state index contributed by atoms with van der Waals surface area (Å²) >= 11 is 0. The Labute approximate surface area is 84.5 Å². The van der Waals surface area contributed by atoms with Gasteiger partial charge in [-0.05, 0) is 25.0 Å². The third-order valence-electron chi connectivity index (χ3n) is 1.96. The van der Waals surface area contributed by atoms with Gasteiger partial charge in [-0.25, -0.2) is 4.39 Å². The Kier molecular flexibility index (Phi) is 4.96. The number of rotatable bonds is 2. The lowest BCUT2D eigenvalue weighted by molar-refractivity contribution is 0.592. The van der Waals surface area contributed by atoms with Gasteiger partial charge in [0.25, 0.3) is 0 Å². The molecule has 1 atom stereocenters. The molecule has 1 aromatic rings. The minimum Gasteiger partial charge on any atom is -0.324 e. The summed E-state index contributed by atoms with van der Waals surface area (Å²) in [5, 5.41) is 0. The molecule has 0 saturated carbocycles. The third kappa shape index (κ3) is 2.98. The molecule has 0 heterocycles. The first-order chi connectivity index (χ1) is 5.65. The van der Waals surface area contributed by atoms with Crippen molar-refractivity contribution in [3.8, 4) is 0 Å². The van der Waals surface area contributed by atoms with E-state index in [0.29, 0.717) is 5.56 Å². The van der Waals surface area contributed by atoms with Gasteiger partial charge in [-0.15, -0.1) is 12.4 Å². The minimum absolute atomic E-state index is 0. The van der Waals surface area contributed by atoms with Crippen molar-refractivity contribution >= 4 is 12.4 Å². The molecule has 3 heteroatoms. The number of hydrogen-bond acceptors (Lipinski definition) is 1. The summed E-state index contributed by atoms with van der Waals surface area (Å²) < 4.78 is 13.1. The average Bonchev–Trinajstić information content (AvgIpc) is 2.05. The molecule has 1 aromatic carbocycles. The van der Waals surface area contributed by atoms with Crippen molar-refractivity contribution in [1.82, 2.24) is 0 Å². The lowest BCUT2D eigenvalue weighted by atomic mass is 10.0. The zero-order valence-electron chi connectivity index (χ0n) is 7.88. The highest BCUT2D eigenvalue weighted by Crippen LogP contribution is 2.16. The van der Waals surface area contributed by atoms with Gasteiger partial charge in [-0.3, -0.25) is 0 Å². The predicted molar refractivity (Wildman–Crippen MR) is 55.6 cm³/mol. The quantitative estimate of drug-likeness (QED) is 0.786. The van der Waals surface area contributed by atoms with E-state index in [1.54, 1.807) is 13.0 Å². The number of hydrogen-bond donors (Lipinski definition) is 1. The first kappa shape index (κ1) is 12.4. The molecule has 74 valence electrons. The Balaban J connectivity index is 0.00000144. The summed E-state index contributed by atoms with van der Waals surface area (Å²) in [6.07, 6.45) is 0.917. The van der Waals surface area contributed by atoms with E-state index in [9.17, 15) is 4.39 Å². The van der Waals surface area contributed by atoms with Gasteiger partial charge in [0.2, 0.25) is 0 Å². The van der Waals surface area contributed by atoms with Gasteiger partial charge < -0.3 is 5.73 Å². The van der Waals surface area contributed by atoms with Crippen molar-refractivity contribution in [3.63, 3.8) is 0 Å². The molecular weight excluding hydrogens is 189 g/mol. The van der Waals surface area contributed by atoms with Gasteiger partial charge in [0.15, 0.2) is 0 Å². The molecular formula is C10H15ClFN. The van der Waals surface area contributed by atoms with E-state index in [1.807, 2.05) is 13.0 Å². The Morgan fingerprint density at radius 2 is 2.08 bits per heavy atom. The van der Waals surface area contributed by atoms with Crippen LogP contribution in [0.1, 0.15) is 31.0 Å². The lowest BCUT2D eigenvalue weighted by Crippen LogP contribution is -2.07. The summed E-state index contributed by atoms with van der Waals surface area (Å²) in [5.74, 6) is -0.206. The highest BCUT2D eigenvalue weighted by atomic mass is 35.5. The Hall–Kier alpha value is -0.600. The van der Waals surface area contributed by atoms with Gasteiger partial charge in [-0.2, -0.15) is 0 Å². The first-order valence-corrected chi connectivity index (χ1v) is 4.19. The first-order valence-electron chi connectivity index (χ1n) is 4.19. The predicted octanol–water partition coefficient (Wildman–Crippen LogP) is 2.83. The van der Waals surface area contributed by atoms with Crippen LogP contribution in [0.4, 0.5) is 4.39 Å². The van der Waals surface area contributed by atoms with E-state index >= 15 is 0 Å². The lowest BCUT2D eigenvalue weighted by Gasteiger charge is -2.08. The molecule has 0 spiro atoms. The van der Waals surface area contributed by atoms with Gasteiger partial charge in [0, 0.05) is 11.6 Å². The van der Waals surface area contributed by atoms with Crippen molar-refractivity contribution in [2.75, 3.05) is 0 Å². The maximum absolute atomic E-state index is 13.1. The fourth-order valence-corrected chi connectivity index (χ4v) is 1.16. The van der Waals surface area contributed by atoms with E-state index in [2.05, 4.69) is 0 Å². The van der Waals surface area contributed by atoms with Crippen molar-refractivity contribution in [1.29, 1.82) is 0 Å². The van der Waals surface area contributed by atoms with Crippen molar-refractivity contribution in [2.24, 2.45) is 5.73 Å². The number of benzene rings is 1. The summed E-state index contributed by atoms with van der Waals surface area (Å²) in [6.45, 7) is 3.83. The maximum atomic E-state index is 13.1. The maximum Gasteiger partial charge on any atom is 0.127 e. The SMILES string of the molecule is CCc1ccc(F)c([C@H](C)N)c1.Cl. The van der Waals surface area contributed by atoms with Crippen LogP contribution in [0.5, 0.6) is 0 Å². The molecule has 2 N–H and O–H groups in total. The zero-order chi connectivity index (χ0) is 9.14. The highest BCUT2D eigenvalue weighted by molar-refractivity contribution is 5.85. The average molecular weight is 204 g/mol. The smallest absolute Gasteiger partial charge is 0.127 e. The van der Waals surface area contributed by atoms with Crippen LogP contribution in [0, 0.1) is 5.82 Å². The second-order valence-electron chi connectivity index (χ2n) is 3.00. The van der Waals surface area contributed by atoms with Crippen LogP contribution in [0.25, 0.3) is 0 Å². The van der Waals surface area contributed by atoms with Crippen molar-refractivity contribution in [2.45, 2.75) is 26.3 Å². The monoisotopic (exact) mass is 203 g/mol. The van der Waals surface area contributed by atoms with E-state index in [4.69, 9.17) is 5.73 Å². The van der Waals surface area contributed by atoms with Crippen molar-refractivity contribution < 1.29 is 4.39 Å². The fraction of sp³-hybridized carbons (Fsp3) is 0.400. The second-order valence-corrected chi connectivity index (χ2v) is 3.00. The van der Waals surface area contributed by atoms with E-state index < -0.39 is 0 Å². The molecule has 0 aliphatic carbocycles. The molecule has 0 aliphatic heterocycles. The summed E-state index contributed by atoms with van der Waals surface area (Å²) in [4.78, 5) is 0. The molecule has 0 radical (unpaired) electrons. The Morgan fingerprint density at radius 3 is 2.54 bits per heavy atom. The zero-order valence-corrected chi connectivity index (χ0v) is 8.70. The van der Waals surface area contributed by atoms with Crippen molar-refractivity contribution in [3.05, 3.63) is 35.1 Å².